The predicted molar refractivity (Wildman–Crippen MR) is 102 cm³/mol. The van der Waals surface area contributed by atoms with Gasteiger partial charge in [-0.05, 0) is 25.1 Å². The number of benzene rings is 2. The molecule has 1 aromatic heterocycles. The number of fused-ring (bicyclic) bond motifs is 3. The van der Waals surface area contributed by atoms with Crippen molar-refractivity contribution in [2.24, 2.45) is 0 Å². The average Bonchev–Trinajstić information content (AvgIpc) is 3.06. The first-order valence-corrected chi connectivity index (χ1v) is 10.4. The summed E-state index contributed by atoms with van der Waals surface area (Å²) in [5.74, 6) is 0. The number of H-pyrrole nitrogens is 1. The molecular weight excluding hydrogens is 364 g/mol. The largest absolute Gasteiger partial charge is 0.450 e. The van der Waals surface area contributed by atoms with Crippen molar-refractivity contribution in [2.45, 2.75) is 23.6 Å². The molecule has 0 spiro atoms. The number of sulfone groups is 1. The Bertz CT molecular complexity index is 1090. The number of nitrogens with one attached hydrogen (secondary N) is 1. The van der Waals surface area contributed by atoms with Gasteiger partial charge in [0.1, 0.15) is 0 Å². The Morgan fingerprint density at radius 3 is 2.59 bits per heavy atom. The monoisotopic (exact) mass is 384 g/mol. The molecule has 0 radical (unpaired) electrons. The maximum atomic E-state index is 13.5. The van der Waals surface area contributed by atoms with Gasteiger partial charge in [-0.3, -0.25) is 4.90 Å². The van der Waals surface area contributed by atoms with Gasteiger partial charge in [0.15, 0.2) is 5.37 Å². The third-order valence-electron chi connectivity index (χ3n) is 4.83. The molecule has 0 saturated carbocycles. The Labute approximate surface area is 157 Å². The molecule has 3 aromatic rings. The number of amides is 1. The van der Waals surface area contributed by atoms with E-state index in [1.807, 2.05) is 24.3 Å². The number of carbonyl (C=O) groups is 1. The van der Waals surface area contributed by atoms with Gasteiger partial charge in [0.25, 0.3) is 0 Å². The Morgan fingerprint density at radius 2 is 1.85 bits per heavy atom. The molecule has 0 saturated heterocycles. The third kappa shape index (κ3) is 2.88. The van der Waals surface area contributed by atoms with Crippen molar-refractivity contribution >= 4 is 26.8 Å². The van der Waals surface area contributed by atoms with Crippen molar-refractivity contribution < 1.29 is 17.9 Å². The van der Waals surface area contributed by atoms with E-state index in [1.54, 1.807) is 37.3 Å². The second-order valence-corrected chi connectivity index (χ2v) is 8.42. The van der Waals surface area contributed by atoms with Gasteiger partial charge in [-0.15, -0.1) is 0 Å². The van der Waals surface area contributed by atoms with E-state index in [1.165, 1.54) is 4.90 Å². The van der Waals surface area contributed by atoms with Gasteiger partial charge < -0.3 is 9.72 Å². The van der Waals surface area contributed by atoms with Gasteiger partial charge in [-0.1, -0.05) is 36.4 Å². The zero-order valence-electron chi connectivity index (χ0n) is 14.9. The third-order valence-corrected chi connectivity index (χ3v) is 6.84. The number of ether oxygens (including phenoxy) is 1. The highest BCUT2D eigenvalue weighted by Gasteiger charge is 2.43. The summed E-state index contributed by atoms with van der Waals surface area (Å²) in [6.45, 7) is 2.17. The molecule has 2 aromatic carbocycles. The molecule has 2 heterocycles. The van der Waals surface area contributed by atoms with Crippen LogP contribution < -0.4 is 0 Å². The maximum absolute atomic E-state index is 13.5. The molecule has 4 rings (SSSR count). The topological polar surface area (TPSA) is 79.5 Å². The zero-order valence-corrected chi connectivity index (χ0v) is 15.7. The van der Waals surface area contributed by atoms with Crippen molar-refractivity contribution in [2.75, 3.05) is 13.2 Å². The molecule has 7 heteroatoms. The number of nitrogens with zero attached hydrogens (tertiary/aromatic N) is 1. The fourth-order valence-corrected chi connectivity index (χ4v) is 5.56. The highest BCUT2D eigenvalue weighted by molar-refractivity contribution is 7.91. The number of aromatic amines is 1. The van der Waals surface area contributed by atoms with Gasteiger partial charge in [0.2, 0.25) is 9.84 Å². The summed E-state index contributed by atoms with van der Waals surface area (Å²) in [5.41, 5.74) is 2.34. The van der Waals surface area contributed by atoms with Crippen LogP contribution in [-0.4, -0.2) is 37.5 Å². The summed E-state index contributed by atoms with van der Waals surface area (Å²) >= 11 is 0. The second-order valence-electron chi connectivity index (χ2n) is 6.42. The van der Waals surface area contributed by atoms with Crippen LogP contribution in [0.4, 0.5) is 4.79 Å². The summed E-state index contributed by atoms with van der Waals surface area (Å²) in [5, 5.41) is -0.315. The van der Waals surface area contributed by atoms with Crippen LogP contribution in [0.2, 0.25) is 0 Å². The van der Waals surface area contributed by atoms with Crippen LogP contribution >= 0.6 is 0 Å². The van der Waals surface area contributed by atoms with E-state index in [-0.39, 0.29) is 18.0 Å². The standard InChI is InChI=1S/C20H20N2O4S/c1-2-26-20(23)22-13-12-17-18(15-10-6-7-11-16(15)21-17)19(22)27(24,25)14-8-4-3-5-9-14/h3-11,19,21H,2,12-13H2,1H3. The summed E-state index contributed by atoms with van der Waals surface area (Å²) < 4.78 is 32.3. The van der Waals surface area contributed by atoms with Crippen molar-refractivity contribution in [1.82, 2.24) is 9.88 Å². The summed E-state index contributed by atoms with van der Waals surface area (Å²) in [4.78, 5) is 17.4. The van der Waals surface area contributed by atoms with E-state index in [0.29, 0.717) is 12.0 Å². The fraction of sp³-hybridized carbons (Fsp3) is 0.250. The second kappa shape index (κ2) is 6.74. The molecule has 1 amide bonds. The van der Waals surface area contributed by atoms with E-state index < -0.39 is 21.3 Å². The lowest BCUT2D eigenvalue weighted by Crippen LogP contribution is -2.43. The van der Waals surface area contributed by atoms with Crippen molar-refractivity contribution in [3.8, 4) is 0 Å². The highest BCUT2D eigenvalue weighted by Crippen LogP contribution is 2.41. The molecule has 140 valence electrons. The SMILES string of the molecule is CCOC(=O)N1CCc2[nH]c3ccccc3c2C1S(=O)(=O)c1ccccc1. The summed E-state index contributed by atoms with van der Waals surface area (Å²) in [6, 6.07) is 15.8. The van der Waals surface area contributed by atoms with Gasteiger partial charge in [-0.25, -0.2) is 13.2 Å². The number of hydrogen-bond donors (Lipinski definition) is 1. The molecule has 1 aliphatic rings. The minimum atomic E-state index is -3.84. The van der Waals surface area contributed by atoms with Crippen LogP contribution in [0, 0.1) is 0 Å². The van der Waals surface area contributed by atoms with Crippen molar-refractivity contribution in [1.29, 1.82) is 0 Å². The molecular formula is C20H20N2O4S. The van der Waals surface area contributed by atoms with Crippen LogP contribution in [0.25, 0.3) is 10.9 Å². The molecule has 0 bridgehead atoms. The minimum Gasteiger partial charge on any atom is -0.450 e. The Hall–Kier alpha value is -2.80. The van der Waals surface area contributed by atoms with E-state index in [9.17, 15) is 13.2 Å². The number of carbonyl (C=O) groups excluding carboxylic acids is 1. The normalized spacial score (nSPS) is 16.9. The first kappa shape index (κ1) is 17.6. The summed E-state index contributed by atoms with van der Waals surface area (Å²) in [6.07, 6.45) is -0.0677. The predicted octanol–water partition coefficient (Wildman–Crippen LogP) is 3.66. The van der Waals surface area contributed by atoms with Gasteiger partial charge in [-0.2, -0.15) is 0 Å². The first-order chi connectivity index (χ1) is 13.0. The first-order valence-electron chi connectivity index (χ1n) is 8.86. The van der Waals surface area contributed by atoms with Crippen LogP contribution in [0.15, 0.2) is 59.5 Å². The van der Waals surface area contributed by atoms with Crippen LogP contribution in [0.1, 0.15) is 23.6 Å². The Morgan fingerprint density at radius 1 is 1.15 bits per heavy atom. The number of hydrogen-bond acceptors (Lipinski definition) is 4. The number of aromatic nitrogens is 1. The van der Waals surface area contributed by atoms with Crippen molar-refractivity contribution in [3.05, 3.63) is 65.9 Å². The Balaban J connectivity index is 1.95. The van der Waals surface area contributed by atoms with E-state index in [4.69, 9.17) is 4.74 Å². The van der Waals surface area contributed by atoms with E-state index >= 15 is 0 Å². The minimum absolute atomic E-state index is 0.183. The van der Waals surface area contributed by atoms with E-state index in [2.05, 4.69) is 4.98 Å². The molecule has 1 unspecified atom stereocenters. The molecule has 1 atom stereocenters. The zero-order chi connectivity index (χ0) is 19.0. The lowest BCUT2D eigenvalue weighted by molar-refractivity contribution is 0.0995. The van der Waals surface area contributed by atoms with Crippen LogP contribution in [-0.2, 0) is 21.0 Å². The lowest BCUT2D eigenvalue weighted by Gasteiger charge is -2.34. The number of para-hydroxylation sites is 1. The molecule has 1 aliphatic heterocycles. The maximum Gasteiger partial charge on any atom is 0.411 e. The lowest BCUT2D eigenvalue weighted by atomic mass is 10.0. The molecule has 27 heavy (non-hydrogen) atoms. The van der Waals surface area contributed by atoms with Gasteiger partial charge in [0.05, 0.1) is 11.5 Å². The highest BCUT2D eigenvalue weighted by atomic mass is 32.2. The van der Waals surface area contributed by atoms with Crippen molar-refractivity contribution in [3.63, 3.8) is 0 Å². The fourth-order valence-electron chi connectivity index (χ4n) is 3.66. The molecule has 1 N–H and O–H groups in total. The van der Waals surface area contributed by atoms with Crippen LogP contribution in [0.3, 0.4) is 0 Å². The molecule has 6 nitrogen and oxygen atoms in total. The smallest absolute Gasteiger partial charge is 0.411 e. The number of rotatable bonds is 3. The average molecular weight is 384 g/mol. The Kier molecular flexibility index (Phi) is 4.39. The summed E-state index contributed by atoms with van der Waals surface area (Å²) in [7, 11) is -3.84. The quantitative estimate of drug-likeness (QED) is 0.747. The molecule has 0 fully saturated rings. The van der Waals surface area contributed by atoms with Crippen LogP contribution in [0.5, 0.6) is 0 Å². The van der Waals surface area contributed by atoms with Gasteiger partial charge in [0, 0.05) is 35.1 Å². The van der Waals surface area contributed by atoms with Gasteiger partial charge >= 0.3 is 6.09 Å². The van der Waals surface area contributed by atoms with E-state index in [0.717, 1.165) is 16.6 Å². The molecule has 0 aliphatic carbocycles.